The van der Waals surface area contributed by atoms with Crippen LogP contribution >= 0.6 is 0 Å². The van der Waals surface area contributed by atoms with Gasteiger partial charge in [0.15, 0.2) is 0 Å². The average Bonchev–Trinajstić information content (AvgIpc) is 2.55. The Labute approximate surface area is 142 Å². The summed E-state index contributed by atoms with van der Waals surface area (Å²) >= 11 is 0.0858. The van der Waals surface area contributed by atoms with Crippen molar-refractivity contribution in [2.45, 2.75) is 24.3 Å². The number of β-lactam (4-membered cyclic amide) rings is 1. The molecule has 3 amide bonds. The summed E-state index contributed by atoms with van der Waals surface area (Å²) in [4.78, 5) is 25.7. The first-order valence-corrected chi connectivity index (χ1v) is 9.39. The summed E-state index contributed by atoms with van der Waals surface area (Å²) in [5, 5.41) is 2.92. The van der Waals surface area contributed by atoms with Crippen molar-refractivity contribution >= 4 is 31.4 Å². The minimum atomic E-state index is -0.291. The normalized spacial score (nSPS) is 18.2. The number of hydrogen-bond acceptors (Lipinski definition) is 2. The van der Waals surface area contributed by atoms with Crippen LogP contribution in [0.4, 0.5) is 4.79 Å². The van der Waals surface area contributed by atoms with Gasteiger partial charge in [-0.25, -0.2) is 0 Å². The van der Waals surface area contributed by atoms with Crippen LogP contribution in [0.1, 0.15) is 24.9 Å². The van der Waals surface area contributed by atoms with E-state index in [1.54, 1.807) is 0 Å². The van der Waals surface area contributed by atoms with Crippen LogP contribution in [0.2, 0.25) is 0 Å². The number of benzene rings is 2. The molecule has 5 heteroatoms. The van der Waals surface area contributed by atoms with Gasteiger partial charge >= 0.3 is 142 Å². The molecule has 4 nitrogen and oxygen atoms in total. The number of nitrogens with one attached hydrogen (secondary N) is 1. The Balaban J connectivity index is 1.62. The quantitative estimate of drug-likeness (QED) is 0.659. The van der Waals surface area contributed by atoms with Crippen molar-refractivity contribution in [2.75, 3.05) is 0 Å². The number of nitrogens with zero attached hydrogens (tertiary/aromatic N) is 1. The summed E-state index contributed by atoms with van der Waals surface area (Å²) in [5.41, 5.74) is 1.03. The number of rotatable bonds is 4. The van der Waals surface area contributed by atoms with E-state index < -0.39 is 0 Å². The van der Waals surface area contributed by atoms with Crippen LogP contribution in [0.5, 0.6) is 0 Å². The number of imide groups is 1. The number of urea groups is 1. The first kappa shape index (κ1) is 15.8. The van der Waals surface area contributed by atoms with E-state index >= 15 is 0 Å². The SMILES string of the molecule is C[C@@H](NC(=O)N1C(=O)C[C@H]1[Se]c1ccccc1)c1ccccc1. The van der Waals surface area contributed by atoms with Gasteiger partial charge in [-0.2, -0.15) is 0 Å². The van der Waals surface area contributed by atoms with E-state index in [4.69, 9.17) is 0 Å². The summed E-state index contributed by atoms with van der Waals surface area (Å²) in [6.45, 7) is 1.93. The fraction of sp³-hybridized carbons (Fsp3) is 0.222. The number of amides is 3. The molecule has 0 unspecified atom stereocenters. The van der Waals surface area contributed by atoms with Crippen molar-refractivity contribution in [3.8, 4) is 0 Å². The second kappa shape index (κ2) is 6.99. The van der Waals surface area contributed by atoms with Gasteiger partial charge in [-0.15, -0.1) is 0 Å². The Morgan fingerprint density at radius 3 is 2.35 bits per heavy atom. The second-order valence-corrected chi connectivity index (χ2v) is 8.06. The third kappa shape index (κ3) is 3.63. The Morgan fingerprint density at radius 2 is 1.74 bits per heavy atom. The molecule has 0 radical (unpaired) electrons. The molecule has 2 aromatic rings. The predicted octanol–water partition coefficient (Wildman–Crippen LogP) is 2.05. The molecular formula is C18H18N2O2Se. The van der Waals surface area contributed by atoms with Gasteiger partial charge in [0.1, 0.15) is 0 Å². The van der Waals surface area contributed by atoms with Crippen LogP contribution in [-0.4, -0.2) is 36.7 Å². The summed E-state index contributed by atoms with van der Waals surface area (Å²) in [7, 11) is 0. The number of hydrogen-bond donors (Lipinski definition) is 1. The van der Waals surface area contributed by atoms with Crippen LogP contribution in [0, 0.1) is 0 Å². The molecule has 1 saturated heterocycles. The Morgan fingerprint density at radius 1 is 1.13 bits per heavy atom. The van der Waals surface area contributed by atoms with Crippen molar-refractivity contribution in [2.24, 2.45) is 0 Å². The van der Waals surface area contributed by atoms with Gasteiger partial charge in [0.25, 0.3) is 0 Å². The first-order valence-electron chi connectivity index (χ1n) is 7.54. The fourth-order valence-corrected chi connectivity index (χ4v) is 4.92. The van der Waals surface area contributed by atoms with Crippen LogP contribution in [0.15, 0.2) is 60.7 Å². The van der Waals surface area contributed by atoms with E-state index in [9.17, 15) is 9.59 Å². The molecule has 2 aromatic carbocycles. The summed E-state index contributed by atoms with van der Waals surface area (Å²) in [6.07, 6.45) is 0.460. The van der Waals surface area contributed by atoms with Crippen LogP contribution in [0.25, 0.3) is 0 Å². The monoisotopic (exact) mass is 374 g/mol. The molecule has 0 spiro atoms. The molecule has 3 rings (SSSR count). The molecule has 0 aromatic heterocycles. The molecule has 118 valence electrons. The van der Waals surface area contributed by atoms with Gasteiger partial charge in [0, 0.05) is 0 Å². The molecule has 1 aliphatic rings. The van der Waals surface area contributed by atoms with E-state index in [0.717, 1.165) is 5.56 Å². The third-order valence-electron chi connectivity index (χ3n) is 3.78. The van der Waals surface area contributed by atoms with Gasteiger partial charge in [-0.05, 0) is 0 Å². The number of likely N-dealkylation sites (tertiary alicyclic amines) is 1. The van der Waals surface area contributed by atoms with Gasteiger partial charge in [-0.1, -0.05) is 0 Å². The molecule has 0 aliphatic carbocycles. The van der Waals surface area contributed by atoms with Crippen molar-refractivity contribution < 1.29 is 9.59 Å². The van der Waals surface area contributed by atoms with E-state index in [1.165, 1.54) is 9.36 Å². The fourth-order valence-electron chi connectivity index (χ4n) is 2.46. The minimum absolute atomic E-state index is 0.0142. The molecule has 0 saturated carbocycles. The van der Waals surface area contributed by atoms with Crippen molar-refractivity contribution in [1.82, 2.24) is 10.2 Å². The molecule has 23 heavy (non-hydrogen) atoms. The Kier molecular flexibility index (Phi) is 4.79. The molecule has 2 atom stereocenters. The average molecular weight is 373 g/mol. The zero-order valence-corrected chi connectivity index (χ0v) is 14.5. The van der Waals surface area contributed by atoms with E-state index in [-0.39, 0.29) is 37.9 Å². The second-order valence-electron chi connectivity index (χ2n) is 5.44. The summed E-state index contributed by atoms with van der Waals surface area (Å²) in [5.74, 6) is -0.0921. The van der Waals surface area contributed by atoms with Crippen molar-refractivity contribution in [3.63, 3.8) is 0 Å². The van der Waals surface area contributed by atoms with Gasteiger partial charge in [0.05, 0.1) is 0 Å². The Hall–Kier alpha value is -2.10. The topological polar surface area (TPSA) is 49.4 Å². The van der Waals surface area contributed by atoms with Crippen molar-refractivity contribution in [1.29, 1.82) is 0 Å². The number of carbonyl (C=O) groups excluding carboxylic acids is 2. The van der Waals surface area contributed by atoms with E-state index in [1.807, 2.05) is 67.6 Å². The van der Waals surface area contributed by atoms with E-state index in [2.05, 4.69) is 5.32 Å². The molecule has 1 N–H and O–H groups in total. The molecular weight excluding hydrogens is 355 g/mol. The maximum absolute atomic E-state index is 12.4. The van der Waals surface area contributed by atoms with Crippen LogP contribution in [-0.2, 0) is 4.79 Å². The molecule has 1 heterocycles. The van der Waals surface area contributed by atoms with E-state index in [0.29, 0.717) is 6.42 Å². The molecule has 1 aliphatic heterocycles. The van der Waals surface area contributed by atoms with Crippen molar-refractivity contribution in [3.05, 3.63) is 66.2 Å². The third-order valence-corrected chi connectivity index (χ3v) is 6.28. The van der Waals surface area contributed by atoms with Crippen LogP contribution in [0.3, 0.4) is 0 Å². The first-order chi connectivity index (χ1) is 11.1. The zero-order valence-electron chi connectivity index (χ0n) is 12.8. The van der Waals surface area contributed by atoms with Gasteiger partial charge < -0.3 is 0 Å². The molecule has 1 fully saturated rings. The van der Waals surface area contributed by atoms with Gasteiger partial charge in [-0.3, -0.25) is 0 Å². The standard InChI is InChI=1S/C18H18N2O2Se/c1-13(14-8-4-2-5-9-14)19-18(22)20-16(21)12-17(20)23-15-10-6-3-7-11-15/h2-11,13,17H,12H2,1H3,(H,19,22)/t13-,17-/m1/s1. The van der Waals surface area contributed by atoms with Gasteiger partial charge in [0.2, 0.25) is 0 Å². The Bertz CT molecular complexity index is 691. The molecule has 0 bridgehead atoms. The predicted molar refractivity (Wildman–Crippen MR) is 90.5 cm³/mol. The van der Waals surface area contributed by atoms with Crippen LogP contribution < -0.4 is 9.78 Å². The maximum atomic E-state index is 12.4. The summed E-state index contributed by atoms with van der Waals surface area (Å²) < 4.78 is 1.20. The summed E-state index contributed by atoms with van der Waals surface area (Å²) in [6, 6.07) is 19.4. The zero-order chi connectivity index (χ0) is 16.2. The number of carbonyl (C=O) groups is 2.